The third-order valence-corrected chi connectivity index (χ3v) is 4.87. The van der Waals surface area contributed by atoms with Gasteiger partial charge in [-0.25, -0.2) is 4.79 Å². The van der Waals surface area contributed by atoms with Crippen molar-refractivity contribution in [2.45, 2.75) is 31.2 Å². The van der Waals surface area contributed by atoms with Gasteiger partial charge in [-0.2, -0.15) is 18.4 Å². The monoisotopic (exact) mass is 461 g/mol. The summed E-state index contributed by atoms with van der Waals surface area (Å²) in [5.41, 5.74) is 2.26. The summed E-state index contributed by atoms with van der Waals surface area (Å²) in [7, 11) is 0. The molecule has 174 valence electrons. The maximum absolute atomic E-state index is 13.0. The van der Waals surface area contributed by atoms with Gasteiger partial charge in [-0.3, -0.25) is 9.78 Å². The molecule has 3 rings (SSSR count). The number of halogens is 3. The van der Waals surface area contributed by atoms with Crippen molar-refractivity contribution in [1.29, 1.82) is 5.26 Å². The topological polar surface area (TPSA) is 104 Å². The Morgan fingerprint density at radius 2 is 1.85 bits per heavy atom. The molecule has 2 atom stereocenters. The van der Waals surface area contributed by atoms with Gasteiger partial charge >= 0.3 is 12.1 Å². The summed E-state index contributed by atoms with van der Waals surface area (Å²) in [6.45, 7) is 4.83. The lowest BCUT2D eigenvalue weighted by atomic mass is 10.0. The molecule has 10 heteroatoms. The minimum atomic E-state index is -5.08. The quantitative estimate of drug-likeness (QED) is 0.659. The maximum atomic E-state index is 13.0. The van der Waals surface area contributed by atoms with Crippen LogP contribution in [0.15, 0.2) is 61.4 Å². The van der Waals surface area contributed by atoms with Crippen LogP contribution in [0.1, 0.15) is 27.9 Å². The number of carbonyl (C=O) groups is 2. The van der Waals surface area contributed by atoms with Crippen molar-refractivity contribution in [3.8, 4) is 6.07 Å². The van der Waals surface area contributed by atoms with Crippen molar-refractivity contribution >= 4 is 11.9 Å². The summed E-state index contributed by atoms with van der Waals surface area (Å²) in [5, 5.41) is 16.1. The van der Waals surface area contributed by atoms with Gasteiger partial charge in [-0.15, -0.1) is 6.58 Å². The number of amides is 1. The van der Waals surface area contributed by atoms with E-state index in [9.17, 15) is 18.0 Å². The normalized spacial score (nSPS) is 17.5. The molecule has 1 amide bonds. The van der Waals surface area contributed by atoms with Gasteiger partial charge in [0.1, 0.15) is 0 Å². The first-order valence-electron chi connectivity index (χ1n) is 9.90. The predicted octanol–water partition coefficient (Wildman–Crippen LogP) is 3.61. The molecule has 1 N–H and O–H groups in total. The van der Waals surface area contributed by atoms with Gasteiger partial charge in [0, 0.05) is 24.5 Å². The minimum Gasteiger partial charge on any atom is -0.475 e. The number of rotatable bonds is 6. The molecule has 7 nitrogen and oxygen atoms in total. The summed E-state index contributed by atoms with van der Waals surface area (Å²) in [4.78, 5) is 27.9. The van der Waals surface area contributed by atoms with Crippen LogP contribution in [-0.4, -0.2) is 58.3 Å². The van der Waals surface area contributed by atoms with Crippen LogP contribution in [0.2, 0.25) is 0 Å². The number of nitriles is 1. The Balaban J connectivity index is 0.000000479. The number of alkyl halides is 3. The zero-order valence-corrected chi connectivity index (χ0v) is 17.5. The molecule has 0 bridgehead atoms. The Morgan fingerprint density at radius 3 is 2.36 bits per heavy atom. The number of carboxylic acids is 1. The van der Waals surface area contributed by atoms with E-state index < -0.39 is 12.1 Å². The summed E-state index contributed by atoms with van der Waals surface area (Å²) >= 11 is 0. The number of nitrogens with zero attached hydrogens (tertiary/aromatic N) is 3. The molecule has 1 saturated heterocycles. The second kappa shape index (κ2) is 11.8. The molecular formula is C23H22F3N3O4. The lowest BCUT2D eigenvalue weighted by Gasteiger charge is -2.28. The SMILES string of the molecule is C=CCO[C@H]1CCN(C(=O)c2ccc(C#N)cc2)[C@H]1Cc1ccncc1.O=C(O)C(F)(F)F. The molecule has 1 aromatic heterocycles. The van der Waals surface area contributed by atoms with E-state index in [1.807, 2.05) is 17.0 Å². The number of carboxylic acid groups (broad SMARTS) is 1. The molecule has 0 unspecified atom stereocenters. The number of benzene rings is 1. The molecule has 2 aromatic rings. The van der Waals surface area contributed by atoms with E-state index in [1.54, 1.807) is 42.7 Å². The molecule has 1 aliphatic heterocycles. The van der Waals surface area contributed by atoms with E-state index >= 15 is 0 Å². The number of likely N-dealkylation sites (tertiary alicyclic amines) is 1. The van der Waals surface area contributed by atoms with E-state index in [0.717, 1.165) is 12.0 Å². The van der Waals surface area contributed by atoms with Crippen molar-refractivity contribution in [2.24, 2.45) is 0 Å². The highest BCUT2D eigenvalue weighted by Gasteiger charge is 2.38. The highest BCUT2D eigenvalue weighted by Crippen LogP contribution is 2.26. The number of ether oxygens (including phenoxy) is 1. The first-order valence-corrected chi connectivity index (χ1v) is 9.90. The number of aromatic nitrogens is 1. The average Bonchev–Trinajstić information content (AvgIpc) is 3.20. The van der Waals surface area contributed by atoms with E-state index in [4.69, 9.17) is 19.9 Å². The molecule has 33 heavy (non-hydrogen) atoms. The van der Waals surface area contributed by atoms with Gasteiger partial charge in [-0.1, -0.05) is 6.08 Å². The fourth-order valence-electron chi connectivity index (χ4n) is 3.32. The van der Waals surface area contributed by atoms with Crippen molar-refractivity contribution in [3.63, 3.8) is 0 Å². The lowest BCUT2D eigenvalue weighted by Crippen LogP contribution is -2.42. The Kier molecular flexibility index (Phi) is 9.12. The number of hydrogen-bond donors (Lipinski definition) is 1. The van der Waals surface area contributed by atoms with Crippen molar-refractivity contribution in [3.05, 3.63) is 78.1 Å². The Morgan fingerprint density at radius 1 is 1.24 bits per heavy atom. The smallest absolute Gasteiger partial charge is 0.475 e. The van der Waals surface area contributed by atoms with E-state index in [1.165, 1.54) is 0 Å². The lowest BCUT2D eigenvalue weighted by molar-refractivity contribution is -0.192. The standard InChI is InChI=1S/C21H21N3O2.C2HF3O2/c1-2-13-26-20-9-12-24(19(20)14-16-7-10-23-11-8-16)21(25)18-5-3-17(15-22)4-6-18;3-2(4,5)1(6)7/h2-8,10-11,19-20H,1,9,12-14H2;(H,6,7)/t19-,20-;/m0./s1. The van der Waals surface area contributed by atoms with Gasteiger partial charge in [0.05, 0.1) is 30.4 Å². The third kappa shape index (κ3) is 7.43. The molecule has 1 aromatic carbocycles. The first-order chi connectivity index (χ1) is 15.7. The molecule has 1 fully saturated rings. The van der Waals surface area contributed by atoms with Crippen LogP contribution in [0.5, 0.6) is 0 Å². The van der Waals surface area contributed by atoms with Gasteiger partial charge < -0.3 is 14.7 Å². The number of aliphatic carboxylic acids is 1. The summed E-state index contributed by atoms with van der Waals surface area (Å²) in [6.07, 6.45) is 1.66. The van der Waals surface area contributed by atoms with Crippen molar-refractivity contribution in [1.82, 2.24) is 9.88 Å². The molecule has 0 spiro atoms. The zero-order valence-electron chi connectivity index (χ0n) is 17.5. The molecule has 2 heterocycles. The van der Waals surface area contributed by atoms with Gasteiger partial charge in [0.15, 0.2) is 0 Å². The number of hydrogen-bond acceptors (Lipinski definition) is 5. The predicted molar refractivity (Wildman–Crippen MR) is 112 cm³/mol. The van der Waals surface area contributed by atoms with Gasteiger partial charge in [-0.05, 0) is 54.8 Å². The van der Waals surface area contributed by atoms with E-state index in [0.29, 0.717) is 30.7 Å². The third-order valence-electron chi connectivity index (χ3n) is 4.87. The highest BCUT2D eigenvalue weighted by molar-refractivity contribution is 5.94. The van der Waals surface area contributed by atoms with Crippen LogP contribution in [0.4, 0.5) is 13.2 Å². The number of carbonyl (C=O) groups excluding carboxylic acids is 1. The highest BCUT2D eigenvalue weighted by atomic mass is 19.4. The van der Waals surface area contributed by atoms with Crippen LogP contribution >= 0.6 is 0 Å². The zero-order chi connectivity index (χ0) is 24.4. The van der Waals surface area contributed by atoms with Gasteiger partial charge in [0.25, 0.3) is 5.91 Å². The van der Waals surface area contributed by atoms with E-state index in [-0.39, 0.29) is 18.1 Å². The van der Waals surface area contributed by atoms with Crippen molar-refractivity contribution in [2.75, 3.05) is 13.2 Å². The van der Waals surface area contributed by atoms with Crippen LogP contribution in [0.25, 0.3) is 0 Å². The van der Waals surface area contributed by atoms with Crippen molar-refractivity contribution < 1.29 is 32.6 Å². The fraction of sp³-hybridized carbons (Fsp3) is 0.304. The summed E-state index contributed by atoms with van der Waals surface area (Å²) in [6, 6.07) is 12.7. The number of pyridine rings is 1. The largest absolute Gasteiger partial charge is 0.490 e. The fourth-order valence-corrected chi connectivity index (χ4v) is 3.32. The second-order valence-electron chi connectivity index (χ2n) is 7.07. The molecule has 0 radical (unpaired) electrons. The Hall–Kier alpha value is -3.71. The first kappa shape index (κ1) is 25.5. The summed E-state index contributed by atoms with van der Waals surface area (Å²) in [5.74, 6) is -2.79. The minimum absolute atomic E-state index is 0.0245. The van der Waals surface area contributed by atoms with Crippen LogP contribution < -0.4 is 0 Å². The van der Waals surface area contributed by atoms with Crippen LogP contribution in [-0.2, 0) is 16.0 Å². The van der Waals surface area contributed by atoms with Gasteiger partial charge in [0.2, 0.25) is 0 Å². The second-order valence-corrected chi connectivity index (χ2v) is 7.07. The molecule has 0 aliphatic carbocycles. The van der Waals surface area contributed by atoms with Crippen LogP contribution in [0.3, 0.4) is 0 Å². The van der Waals surface area contributed by atoms with Crippen LogP contribution in [0, 0.1) is 11.3 Å². The molecule has 1 aliphatic rings. The summed E-state index contributed by atoms with van der Waals surface area (Å²) < 4.78 is 37.7. The molecular weight excluding hydrogens is 439 g/mol. The Labute approximate surface area is 188 Å². The average molecular weight is 461 g/mol. The molecule has 0 saturated carbocycles. The maximum Gasteiger partial charge on any atom is 0.490 e. The van der Waals surface area contributed by atoms with E-state index in [2.05, 4.69) is 17.6 Å². The Bertz CT molecular complexity index is 989.